The lowest BCUT2D eigenvalue weighted by Gasteiger charge is -2.24. The molecule has 0 saturated carbocycles. The monoisotopic (exact) mass is 347 g/mol. The van der Waals surface area contributed by atoms with Gasteiger partial charge in [-0.25, -0.2) is 4.39 Å². The molecule has 2 aromatic heterocycles. The number of pyridine rings is 2. The molecule has 5 heteroatoms. The largest absolute Gasteiger partial charge is 0.349 e. The van der Waals surface area contributed by atoms with Gasteiger partial charge in [0.05, 0.1) is 11.3 Å². The normalized spacial score (nSPS) is 16.0. The van der Waals surface area contributed by atoms with Gasteiger partial charge in [0.1, 0.15) is 5.82 Å². The predicted molar refractivity (Wildman–Crippen MR) is 97.1 cm³/mol. The fraction of sp³-hybridized carbons (Fsp3) is 0.190. The summed E-state index contributed by atoms with van der Waals surface area (Å²) in [5, 5.41) is 3.08. The lowest BCUT2D eigenvalue weighted by Crippen LogP contribution is -2.39. The van der Waals surface area contributed by atoms with Gasteiger partial charge in [-0.1, -0.05) is 18.2 Å². The van der Waals surface area contributed by atoms with E-state index < -0.39 is 0 Å². The Balaban J connectivity index is 1.44. The van der Waals surface area contributed by atoms with E-state index in [-0.39, 0.29) is 17.8 Å². The first-order chi connectivity index (χ1) is 12.7. The molecule has 1 unspecified atom stereocenters. The van der Waals surface area contributed by atoms with Crippen molar-refractivity contribution in [3.63, 3.8) is 0 Å². The first-order valence-corrected chi connectivity index (χ1v) is 8.65. The summed E-state index contributed by atoms with van der Waals surface area (Å²) in [6.07, 6.45) is 5.89. The third kappa shape index (κ3) is 3.47. The summed E-state index contributed by atoms with van der Waals surface area (Å²) in [6.45, 7) is 0. The van der Waals surface area contributed by atoms with E-state index >= 15 is 0 Å². The number of carbonyl (C=O) groups is 1. The molecule has 0 spiro atoms. The second-order valence-electron chi connectivity index (χ2n) is 6.46. The van der Waals surface area contributed by atoms with Crippen LogP contribution in [-0.4, -0.2) is 21.9 Å². The number of benzene rings is 1. The lowest BCUT2D eigenvalue weighted by molar-refractivity contribution is 0.0933. The molecule has 1 N–H and O–H groups in total. The Morgan fingerprint density at radius 1 is 1.12 bits per heavy atom. The minimum absolute atomic E-state index is 0.0992. The number of nitrogens with zero attached hydrogens (tertiary/aromatic N) is 2. The third-order valence-corrected chi connectivity index (χ3v) is 4.66. The number of amides is 1. The van der Waals surface area contributed by atoms with E-state index in [0.29, 0.717) is 16.8 Å². The first-order valence-electron chi connectivity index (χ1n) is 8.65. The number of fused-ring (bicyclic) bond motifs is 1. The quantitative estimate of drug-likeness (QED) is 0.788. The Labute approximate surface area is 151 Å². The van der Waals surface area contributed by atoms with Crippen LogP contribution < -0.4 is 5.32 Å². The van der Waals surface area contributed by atoms with Gasteiger partial charge in [0, 0.05) is 29.7 Å². The summed E-state index contributed by atoms with van der Waals surface area (Å²) in [5.41, 5.74) is 4.15. The van der Waals surface area contributed by atoms with Crippen LogP contribution in [0, 0.1) is 5.82 Å². The van der Waals surface area contributed by atoms with Crippen molar-refractivity contribution >= 4 is 5.91 Å². The molecule has 1 atom stereocenters. The van der Waals surface area contributed by atoms with Gasteiger partial charge < -0.3 is 5.32 Å². The topological polar surface area (TPSA) is 54.9 Å². The van der Waals surface area contributed by atoms with Crippen LogP contribution in [-0.2, 0) is 12.8 Å². The Bertz CT molecular complexity index is 940. The van der Waals surface area contributed by atoms with Crippen LogP contribution in [0.3, 0.4) is 0 Å². The van der Waals surface area contributed by atoms with Crippen molar-refractivity contribution in [2.24, 2.45) is 0 Å². The highest BCUT2D eigenvalue weighted by Crippen LogP contribution is 2.20. The van der Waals surface area contributed by atoms with Gasteiger partial charge in [-0.15, -0.1) is 0 Å². The predicted octanol–water partition coefficient (Wildman–Crippen LogP) is 3.57. The zero-order valence-corrected chi connectivity index (χ0v) is 14.2. The number of nitrogens with one attached hydrogen (secondary N) is 1. The number of aryl methyl sites for hydroxylation is 1. The van der Waals surface area contributed by atoms with Crippen LogP contribution in [0.1, 0.15) is 28.0 Å². The van der Waals surface area contributed by atoms with Crippen LogP contribution in [0.2, 0.25) is 0 Å². The molecule has 26 heavy (non-hydrogen) atoms. The van der Waals surface area contributed by atoms with Crippen LogP contribution >= 0.6 is 0 Å². The molecule has 0 aliphatic heterocycles. The Kier molecular flexibility index (Phi) is 4.44. The van der Waals surface area contributed by atoms with E-state index in [2.05, 4.69) is 21.4 Å². The molecule has 130 valence electrons. The summed E-state index contributed by atoms with van der Waals surface area (Å²) in [4.78, 5) is 21.2. The lowest BCUT2D eigenvalue weighted by atomic mass is 9.92. The molecule has 3 aromatic rings. The van der Waals surface area contributed by atoms with E-state index in [0.717, 1.165) is 25.0 Å². The minimum Gasteiger partial charge on any atom is -0.349 e. The van der Waals surface area contributed by atoms with Gasteiger partial charge >= 0.3 is 0 Å². The van der Waals surface area contributed by atoms with E-state index in [1.807, 2.05) is 12.3 Å². The Morgan fingerprint density at radius 3 is 2.85 bits per heavy atom. The standard InChI is InChI=1S/C21H18FN3O/c22-17-5-1-3-14(11-17)20-8-6-16(13-24-20)21(26)25-18-7-9-19-15(12-18)4-2-10-23-19/h1-6,8,10-11,13,18H,7,9,12H2,(H,25,26). The van der Waals surface area contributed by atoms with Gasteiger partial charge in [0.2, 0.25) is 0 Å². The molecule has 1 amide bonds. The van der Waals surface area contributed by atoms with E-state index in [1.165, 1.54) is 23.9 Å². The molecule has 1 aliphatic carbocycles. The fourth-order valence-electron chi connectivity index (χ4n) is 3.30. The molecule has 0 fully saturated rings. The number of halogens is 1. The molecule has 0 bridgehead atoms. The van der Waals surface area contributed by atoms with Crippen molar-refractivity contribution < 1.29 is 9.18 Å². The first kappa shape index (κ1) is 16.4. The average molecular weight is 347 g/mol. The maximum Gasteiger partial charge on any atom is 0.253 e. The summed E-state index contributed by atoms with van der Waals surface area (Å²) < 4.78 is 13.3. The fourth-order valence-corrected chi connectivity index (χ4v) is 3.30. The SMILES string of the molecule is O=C(NC1CCc2ncccc2C1)c1ccc(-c2cccc(F)c2)nc1. The number of aromatic nitrogens is 2. The number of carbonyl (C=O) groups excluding carboxylic acids is 1. The second-order valence-corrected chi connectivity index (χ2v) is 6.46. The van der Waals surface area contributed by atoms with Crippen molar-refractivity contribution in [1.29, 1.82) is 0 Å². The maximum atomic E-state index is 13.3. The number of rotatable bonds is 3. The van der Waals surface area contributed by atoms with Gasteiger partial charge in [0.15, 0.2) is 0 Å². The van der Waals surface area contributed by atoms with Crippen molar-refractivity contribution in [2.45, 2.75) is 25.3 Å². The molecule has 2 heterocycles. The van der Waals surface area contributed by atoms with Crippen LogP contribution in [0.5, 0.6) is 0 Å². The molecular formula is C21H18FN3O. The van der Waals surface area contributed by atoms with Gasteiger partial charge in [-0.05, 0) is 55.2 Å². The Hall–Kier alpha value is -3.08. The summed E-state index contributed by atoms with van der Waals surface area (Å²) in [6, 6.07) is 13.8. The van der Waals surface area contributed by atoms with Crippen molar-refractivity contribution in [3.05, 3.63) is 83.6 Å². The van der Waals surface area contributed by atoms with Crippen LogP contribution in [0.4, 0.5) is 4.39 Å². The van der Waals surface area contributed by atoms with Gasteiger partial charge in [-0.2, -0.15) is 0 Å². The van der Waals surface area contributed by atoms with Gasteiger partial charge in [-0.3, -0.25) is 14.8 Å². The van der Waals surface area contributed by atoms with Gasteiger partial charge in [0.25, 0.3) is 5.91 Å². The summed E-state index contributed by atoms with van der Waals surface area (Å²) >= 11 is 0. The number of hydrogen-bond donors (Lipinski definition) is 1. The van der Waals surface area contributed by atoms with E-state index in [4.69, 9.17) is 0 Å². The molecular weight excluding hydrogens is 329 g/mol. The van der Waals surface area contributed by atoms with Crippen molar-refractivity contribution in [2.75, 3.05) is 0 Å². The smallest absolute Gasteiger partial charge is 0.253 e. The zero-order chi connectivity index (χ0) is 17.9. The van der Waals surface area contributed by atoms with Crippen LogP contribution in [0.25, 0.3) is 11.3 Å². The van der Waals surface area contributed by atoms with Crippen LogP contribution in [0.15, 0.2) is 60.9 Å². The summed E-state index contributed by atoms with van der Waals surface area (Å²) in [5.74, 6) is -0.446. The second kappa shape index (κ2) is 7.04. The molecule has 1 aliphatic rings. The highest BCUT2D eigenvalue weighted by Gasteiger charge is 2.21. The number of hydrogen-bond acceptors (Lipinski definition) is 3. The molecule has 4 rings (SSSR count). The average Bonchev–Trinajstić information content (AvgIpc) is 2.68. The van der Waals surface area contributed by atoms with E-state index in [1.54, 1.807) is 24.3 Å². The van der Waals surface area contributed by atoms with Crippen molar-refractivity contribution in [1.82, 2.24) is 15.3 Å². The van der Waals surface area contributed by atoms with Crippen molar-refractivity contribution in [3.8, 4) is 11.3 Å². The zero-order valence-electron chi connectivity index (χ0n) is 14.2. The molecule has 0 saturated heterocycles. The summed E-state index contributed by atoms with van der Waals surface area (Å²) in [7, 11) is 0. The van der Waals surface area contributed by atoms with E-state index in [9.17, 15) is 9.18 Å². The third-order valence-electron chi connectivity index (χ3n) is 4.66. The molecule has 4 nitrogen and oxygen atoms in total. The highest BCUT2D eigenvalue weighted by atomic mass is 19.1. The molecule has 1 aromatic carbocycles. The highest BCUT2D eigenvalue weighted by molar-refractivity contribution is 5.94. The maximum absolute atomic E-state index is 13.3. The molecule has 0 radical (unpaired) electrons. The minimum atomic E-state index is -0.307. The Morgan fingerprint density at radius 2 is 2.04 bits per heavy atom.